The van der Waals surface area contributed by atoms with Crippen LogP contribution in [-0.2, 0) is 22.4 Å². The number of nitrogens with one attached hydrogen (secondary N) is 1. The first-order chi connectivity index (χ1) is 17.4. The standard InChI is InChI=1S/C27H28N4O3S2/c1-31(27(33)34-2)23(16-18-7-4-3-5-8-18)25(32)29-21(15-19-10-12-20(28)13-11-19)22-17-36-26(30-22)24-9-6-14-35-24/h3-14,17,21,23H,15-16,28H2,1-2H3,(H,29,32)/t21-,23-/m0/s1. The van der Waals surface area contributed by atoms with Crippen LogP contribution in [0.25, 0.3) is 9.88 Å². The first-order valence-electron chi connectivity index (χ1n) is 11.4. The van der Waals surface area contributed by atoms with Crippen molar-refractivity contribution < 1.29 is 14.3 Å². The summed E-state index contributed by atoms with van der Waals surface area (Å²) in [5.41, 5.74) is 9.27. The van der Waals surface area contributed by atoms with Gasteiger partial charge >= 0.3 is 6.09 Å². The second kappa shape index (κ2) is 11.8. The number of ether oxygens (including phenoxy) is 1. The average Bonchev–Trinajstić information content (AvgIpc) is 3.60. The Kier molecular flexibility index (Phi) is 8.35. The van der Waals surface area contributed by atoms with Crippen LogP contribution >= 0.6 is 22.7 Å². The Bertz CT molecular complexity index is 1270. The van der Waals surface area contributed by atoms with Gasteiger partial charge in [-0.05, 0) is 41.1 Å². The van der Waals surface area contributed by atoms with Crippen LogP contribution in [0.2, 0.25) is 0 Å². The van der Waals surface area contributed by atoms with Crippen molar-refractivity contribution >= 4 is 40.4 Å². The molecule has 2 heterocycles. The van der Waals surface area contributed by atoms with E-state index in [2.05, 4.69) is 5.32 Å². The number of likely N-dealkylation sites (N-methyl/N-ethyl adjacent to an activating group) is 1. The van der Waals surface area contributed by atoms with Gasteiger partial charge in [0, 0.05) is 24.5 Å². The van der Waals surface area contributed by atoms with E-state index in [9.17, 15) is 9.59 Å². The molecule has 4 aromatic rings. The van der Waals surface area contributed by atoms with Crippen molar-refractivity contribution in [3.8, 4) is 9.88 Å². The molecule has 36 heavy (non-hydrogen) atoms. The number of amides is 2. The monoisotopic (exact) mass is 520 g/mol. The van der Waals surface area contributed by atoms with Crippen LogP contribution in [-0.4, -0.2) is 42.1 Å². The summed E-state index contributed by atoms with van der Waals surface area (Å²) in [4.78, 5) is 33.3. The van der Waals surface area contributed by atoms with Gasteiger partial charge in [0.15, 0.2) is 0 Å². The number of nitrogen functional groups attached to an aromatic ring is 1. The molecule has 3 N–H and O–H groups in total. The van der Waals surface area contributed by atoms with Crippen LogP contribution in [0.3, 0.4) is 0 Å². The van der Waals surface area contributed by atoms with Crippen molar-refractivity contribution in [2.45, 2.75) is 24.9 Å². The number of hydrogen-bond donors (Lipinski definition) is 2. The molecular weight excluding hydrogens is 492 g/mol. The van der Waals surface area contributed by atoms with Crippen LogP contribution in [0.5, 0.6) is 0 Å². The predicted octanol–water partition coefficient (Wildman–Crippen LogP) is 5.16. The fraction of sp³-hybridized carbons (Fsp3) is 0.222. The Balaban J connectivity index is 1.62. The highest BCUT2D eigenvalue weighted by Crippen LogP contribution is 2.31. The third-order valence-corrected chi connectivity index (χ3v) is 7.75. The molecule has 0 radical (unpaired) electrons. The maximum atomic E-state index is 13.7. The van der Waals surface area contributed by atoms with E-state index in [4.69, 9.17) is 15.5 Å². The Hall–Kier alpha value is -3.69. The zero-order valence-electron chi connectivity index (χ0n) is 20.1. The summed E-state index contributed by atoms with van der Waals surface area (Å²) in [5.74, 6) is -0.280. The highest BCUT2D eigenvalue weighted by molar-refractivity contribution is 7.20. The minimum absolute atomic E-state index is 0.280. The predicted molar refractivity (Wildman–Crippen MR) is 145 cm³/mol. The lowest BCUT2D eigenvalue weighted by Crippen LogP contribution is -2.50. The fourth-order valence-electron chi connectivity index (χ4n) is 3.86. The van der Waals surface area contributed by atoms with E-state index in [0.29, 0.717) is 18.5 Å². The molecule has 0 bridgehead atoms. The molecule has 0 spiro atoms. The molecular formula is C27H28N4O3S2. The highest BCUT2D eigenvalue weighted by atomic mass is 32.1. The summed E-state index contributed by atoms with van der Waals surface area (Å²) in [6, 6.07) is 20.1. The Morgan fingerprint density at radius 2 is 1.72 bits per heavy atom. The minimum atomic E-state index is -0.760. The number of benzene rings is 2. The number of hydrogen-bond acceptors (Lipinski definition) is 7. The first-order valence-corrected chi connectivity index (χ1v) is 13.2. The molecule has 186 valence electrons. The van der Waals surface area contributed by atoms with Gasteiger partial charge in [-0.2, -0.15) is 0 Å². The van der Waals surface area contributed by atoms with Crippen molar-refractivity contribution in [1.29, 1.82) is 0 Å². The van der Waals surface area contributed by atoms with Gasteiger partial charge in [0.25, 0.3) is 0 Å². The second-order valence-corrected chi connectivity index (χ2v) is 10.2. The number of aromatic nitrogens is 1. The van der Waals surface area contributed by atoms with Gasteiger partial charge in [0.1, 0.15) is 11.0 Å². The van der Waals surface area contributed by atoms with Crippen LogP contribution in [0.1, 0.15) is 22.9 Å². The molecule has 2 amide bonds. The Labute approximate surface area is 218 Å². The van der Waals surface area contributed by atoms with Gasteiger partial charge in [-0.1, -0.05) is 48.5 Å². The second-order valence-electron chi connectivity index (χ2n) is 8.35. The molecule has 2 atom stereocenters. The number of nitrogens with zero attached hydrogens (tertiary/aromatic N) is 2. The van der Waals surface area contributed by atoms with Crippen LogP contribution in [0, 0.1) is 0 Å². The maximum Gasteiger partial charge on any atom is 0.409 e. The van der Waals surface area contributed by atoms with E-state index in [1.54, 1.807) is 29.7 Å². The van der Waals surface area contributed by atoms with Crippen molar-refractivity contribution in [1.82, 2.24) is 15.2 Å². The molecule has 7 nitrogen and oxygen atoms in total. The van der Waals surface area contributed by atoms with Gasteiger partial charge in [-0.15, -0.1) is 22.7 Å². The van der Waals surface area contributed by atoms with Crippen LogP contribution < -0.4 is 11.1 Å². The van der Waals surface area contributed by atoms with Crippen molar-refractivity contribution in [3.63, 3.8) is 0 Å². The third-order valence-electron chi connectivity index (χ3n) is 5.85. The lowest BCUT2D eigenvalue weighted by atomic mass is 10.0. The lowest BCUT2D eigenvalue weighted by molar-refractivity contribution is -0.126. The summed E-state index contributed by atoms with van der Waals surface area (Å²) < 4.78 is 4.91. The molecule has 9 heteroatoms. The van der Waals surface area contributed by atoms with Gasteiger partial charge in [0.2, 0.25) is 5.91 Å². The number of thiazole rings is 1. The summed E-state index contributed by atoms with van der Waals surface area (Å²) in [6.45, 7) is 0. The highest BCUT2D eigenvalue weighted by Gasteiger charge is 2.30. The number of rotatable bonds is 9. The van der Waals surface area contributed by atoms with E-state index >= 15 is 0 Å². The van der Waals surface area contributed by atoms with E-state index in [0.717, 1.165) is 26.7 Å². The van der Waals surface area contributed by atoms with E-state index < -0.39 is 18.2 Å². The number of nitrogens with two attached hydrogens (primary N) is 1. The molecule has 4 rings (SSSR count). The summed E-state index contributed by atoms with van der Waals surface area (Å²) in [7, 11) is 2.88. The number of thiophene rings is 1. The molecule has 2 aromatic heterocycles. The molecule has 0 fully saturated rings. The quantitative estimate of drug-likeness (QED) is 0.297. The zero-order chi connectivity index (χ0) is 25.5. The molecule has 0 saturated heterocycles. The molecule has 2 aromatic carbocycles. The van der Waals surface area contributed by atoms with Gasteiger partial charge in [0.05, 0.1) is 23.7 Å². The third kappa shape index (κ3) is 6.30. The smallest absolute Gasteiger partial charge is 0.409 e. The first kappa shape index (κ1) is 25.4. The summed E-state index contributed by atoms with van der Waals surface area (Å²) >= 11 is 3.17. The fourth-order valence-corrected chi connectivity index (χ4v) is 5.55. The summed E-state index contributed by atoms with van der Waals surface area (Å²) in [6.07, 6.45) is 0.305. The number of methoxy groups -OCH3 is 1. The summed E-state index contributed by atoms with van der Waals surface area (Å²) in [5, 5.41) is 8.06. The van der Waals surface area contributed by atoms with Crippen LogP contribution in [0.15, 0.2) is 77.5 Å². The SMILES string of the molecule is COC(=O)N(C)[C@@H](Cc1ccccc1)C(=O)N[C@@H](Cc1ccc(N)cc1)c1csc(-c2cccs2)n1. The van der Waals surface area contributed by atoms with Crippen LogP contribution in [0.4, 0.5) is 10.5 Å². The number of carbonyl (C=O) groups excluding carboxylic acids is 2. The average molecular weight is 521 g/mol. The Morgan fingerprint density at radius 3 is 2.39 bits per heavy atom. The lowest BCUT2D eigenvalue weighted by Gasteiger charge is -2.28. The molecule has 0 aliphatic heterocycles. The molecule has 0 saturated carbocycles. The van der Waals surface area contributed by atoms with E-state index in [1.807, 2.05) is 77.5 Å². The molecule has 0 aliphatic carbocycles. The van der Waals surface area contributed by atoms with Gasteiger partial charge < -0.3 is 15.8 Å². The Morgan fingerprint density at radius 1 is 1.00 bits per heavy atom. The van der Waals surface area contributed by atoms with Gasteiger partial charge in [-0.3, -0.25) is 9.69 Å². The largest absolute Gasteiger partial charge is 0.453 e. The molecule has 0 aliphatic rings. The number of carbonyl (C=O) groups is 2. The topological polar surface area (TPSA) is 97.5 Å². The molecule has 0 unspecified atom stereocenters. The van der Waals surface area contributed by atoms with Crippen molar-refractivity contribution in [2.75, 3.05) is 19.9 Å². The van der Waals surface area contributed by atoms with Crippen molar-refractivity contribution in [2.24, 2.45) is 0 Å². The van der Waals surface area contributed by atoms with E-state index in [-0.39, 0.29) is 5.91 Å². The zero-order valence-corrected chi connectivity index (χ0v) is 21.7. The van der Waals surface area contributed by atoms with E-state index in [1.165, 1.54) is 12.0 Å². The minimum Gasteiger partial charge on any atom is -0.453 e. The maximum absolute atomic E-state index is 13.7. The van der Waals surface area contributed by atoms with Crippen molar-refractivity contribution in [3.05, 3.63) is 94.3 Å². The normalized spacial score (nSPS) is 12.5. The van der Waals surface area contributed by atoms with Gasteiger partial charge in [-0.25, -0.2) is 9.78 Å². The number of anilines is 1.